The Balaban J connectivity index is 1.96. The fraction of sp³-hybridized carbons (Fsp3) is 0.538. The lowest BCUT2D eigenvalue weighted by molar-refractivity contribution is 0.141. The summed E-state index contributed by atoms with van der Waals surface area (Å²) in [6.07, 6.45) is 3.48. The lowest BCUT2D eigenvalue weighted by Crippen LogP contribution is -2.41. The molecular weight excluding hydrogens is 206 g/mol. The molecule has 2 aliphatic rings. The standard InChI is InChI=1S/C13H16ClN/c14-11-6-8-15-7-5-10-3-1-2-4-12(10)13(15)9-11/h1-4,11,13H,5-9H2/t11-,13+/m0/s1. The van der Waals surface area contributed by atoms with E-state index < -0.39 is 0 Å². The second-order valence-electron chi connectivity index (χ2n) is 4.62. The van der Waals surface area contributed by atoms with Gasteiger partial charge < -0.3 is 0 Å². The van der Waals surface area contributed by atoms with Crippen molar-refractivity contribution in [2.45, 2.75) is 30.7 Å². The maximum absolute atomic E-state index is 6.28. The number of hydrogen-bond acceptors (Lipinski definition) is 1. The number of halogens is 1. The number of rotatable bonds is 0. The predicted molar refractivity (Wildman–Crippen MR) is 63.3 cm³/mol. The van der Waals surface area contributed by atoms with Gasteiger partial charge in [0.05, 0.1) is 0 Å². The van der Waals surface area contributed by atoms with Crippen LogP contribution in [0.5, 0.6) is 0 Å². The van der Waals surface area contributed by atoms with Gasteiger partial charge >= 0.3 is 0 Å². The van der Waals surface area contributed by atoms with E-state index in [9.17, 15) is 0 Å². The summed E-state index contributed by atoms with van der Waals surface area (Å²) in [5.41, 5.74) is 3.05. The first-order valence-corrected chi connectivity index (χ1v) is 6.24. The number of hydrogen-bond donors (Lipinski definition) is 0. The number of fused-ring (bicyclic) bond motifs is 3. The van der Waals surface area contributed by atoms with E-state index in [4.69, 9.17) is 11.6 Å². The highest BCUT2D eigenvalue weighted by Crippen LogP contribution is 2.37. The minimum absolute atomic E-state index is 0.373. The minimum atomic E-state index is 0.373. The molecule has 2 atom stereocenters. The molecule has 15 heavy (non-hydrogen) atoms. The summed E-state index contributed by atoms with van der Waals surface area (Å²) >= 11 is 6.28. The molecule has 0 saturated carbocycles. The van der Waals surface area contributed by atoms with Crippen LogP contribution < -0.4 is 0 Å². The second-order valence-corrected chi connectivity index (χ2v) is 5.24. The Morgan fingerprint density at radius 1 is 1.20 bits per heavy atom. The van der Waals surface area contributed by atoms with Crippen molar-refractivity contribution in [3.63, 3.8) is 0 Å². The fourth-order valence-electron chi connectivity index (χ4n) is 2.91. The molecule has 0 bridgehead atoms. The van der Waals surface area contributed by atoms with E-state index in [1.165, 1.54) is 30.6 Å². The molecule has 0 aromatic heterocycles. The summed E-state index contributed by atoms with van der Waals surface area (Å²) in [5, 5.41) is 0.373. The summed E-state index contributed by atoms with van der Waals surface area (Å²) in [4.78, 5) is 2.60. The number of alkyl halides is 1. The smallest absolute Gasteiger partial charge is 0.0366 e. The summed E-state index contributed by atoms with van der Waals surface area (Å²) < 4.78 is 0. The van der Waals surface area contributed by atoms with Crippen LogP contribution in [0.25, 0.3) is 0 Å². The van der Waals surface area contributed by atoms with E-state index >= 15 is 0 Å². The number of nitrogens with zero attached hydrogens (tertiary/aromatic N) is 1. The second kappa shape index (κ2) is 3.80. The molecule has 1 fully saturated rings. The highest BCUT2D eigenvalue weighted by Gasteiger charge is 2.32. The van der Waals surface area contributed by atoms with Crippen LogP contribution >= 0.6 is 11.6 Å². The zero-order valence-electron chi connectivity index (χ0n) is 8.82. The van der Waals surface area contributed by atoms with Crippen LogP contribution in [-0.4, -0.2) is 23.4 Å². The van der Waals surface area contributed by atoms with Gasteiger partial charge in [-0.15, -0.1) is 11.6 Å². The molecule has 2 heteroatoms. The Morgan fingerprint density at radius 2 is 2.07 bits per heavy atom. The molecule has 0 aliphatic carbocycles. The quantitative estimate of drug-likeness (QED) is 0.609. The van der Waals surface area contributed by atoms with Gasteiger partial charge in [0.1, 0.15) is 0 Å². The average Bonchev–Trinajstić information content (AvgIpc) is 2.29. The van der Waals surface area contributed by atoms with E-state index in [2.05, 4.69) is 29.2 Å². The van der Waals surface area contributed by atoms with Gasteiger partial charge in [0.15, 0.2) is 0 Å². The van der Waals surface area contributed by atoms with Gasteiger partial charge in [-0.25, -0.2) is 0 Å². The van der Waals surface area contributed by atoms with Crippen LogP contribution in [0.1, 0.15) is 30.0 Å². The van der Waals surface area contributed by atoms with Crippen molar-refractivity contribution in [3.05, 3.63) is 35.4 Å². The lowest BCUT2D eigenvalue weighted by Gasteiger charge is -2.42. The molecule has 2 heterocycles. The zero-order valence-corrected chi connectivity index (χ0v) is 9.58. The summed E-state index contributed by atoms with van der Waals surface area (Å²) in [6, 6.07) is 9.44. The van der Waals surface area contributed by atoms with Crippen molar-refractivity contribution in [1.29, 1.82) is 0 Å². The van der Waals surface area contributed by atoms with Crippen molar-refractivity contribution in [3.8, 4) is 0 Å². The molecule has 1 aromatic carbocycles. The summed E-state index contributed by atoms with van der Waals surface area (Å²) in [7, 11) is 0. The largest absolute Gasteiger partial charge is 0.296 e. The third-order valence-corrected chi connectivity index (χ3v) is 4.13. The first-order valence-electron chi connectivity index (χ1n) is 5.80. The molecule has 0 N–H and O–H groups in total. The van der Waals surface area contributed by atoms with E-state index in [-0.39, 0.29) is 0 Å². The van der Waals surface area contributed by atoms with E-state index in [0.717, 1.165) is 12.8 Å². The molecule has 1 nitrogen and oxygen atoms in total. The van der Waals surface area contributed by atoms with Gasteiger partial charge in [0.2, 0.25) is 0 Å². The number of piperidine rings is 1. The SMILES string of the molecule is Cl[C@H]1CCN2CCc3ccccc3[C@H]2C1. The van der Waals surface area contributed by atoms with E-state index in [0.29, 0.717) is 11.4 Å². The monoisotopic (exact) mass is 221 g/mol. The molecule has 80 valence electrons. The topological polar surface area (TPSA) is 3.24 Å². The molecule has 0 unspecified atom stereocenters. The van der Waals surface area contributed by atoms with Gasteiger partial charge in [-0.3, -0.25) is 4.90 Å². The molecule has 1 saturated heterocycles. The molecule has 3 rings (SSSR count). The van der Waals surface area contributed by atoms with Crippen molar-refractivity contribution >= 4 is 11.6 Å². The van der Waals surface area contributed by atoms with Gasteiger partial charge in [-0.1, -0.05) is 24.3 Å². The van der Waals surface area contributed by atoms with Crippen LogP contribution in [0.15, 0.2) is 24.3 Å². The molecule has 0 spiro atoms. The van der Waals surface area contributed by atoms with E-state index in [1.54, 1.807) is 0 Å². The van der Waals surface area contributed by atoms with Crippen molar-refractivity contribution < 1.29 is 0 Å². The summed E-state index contributed by atoms with van der Waals surface area (Å²) in [6.45, 7) is 2.39. The van der Waals surface area contributed by atoms with Crippen LogP contribution in [0.2, 0.25) is 0 Å². The molecular formula is C13H16ClN. The van der Waals surface area contributed by atoms with Crippen LogP contribution in [-0.2, 0) is 6.42 Å². The normalized spacial score (nSPS) is 30.7. The maximum atomic E-state index is 6.28. The summed E-state index contributed by atoms with van der Waals surface area (Å²) in [5.74, 6) is 0. The Bertz CT molecular complexity index is 363. The van der Waals surface area contributed by atoms with Crippen LogP contribution in [0.4, 0.5) is 0 Å². The van der Waals surface area contributed by atoms with Gasteiger partial charge in [0, 0.05) is 24.5 Å². The van der Waals surface area contributed by atoms with Crippen LogP contribution in [0, 0.1) is 0 Å². The first kappa shape index (κ1) is 9.68. The predicted octanol–water partition coefficient (Wildman–Crippen LogP) is 2.99. The van der Waals surface area contributed by atoms with Crippen molar-refractivity contribution in [2.75, 3.05) is 13.1 Å². The first-order chi connectivity index (χ1) is 7.34. The van der Waals surface area contributed by atoms with Crippen LogP contribution in [0.3, 0.4) is 0 Å². The highest BCUT2D eigenvalue weighted by molar-refractivity contribution is 6.20. The third-order valence-electron chi connectivity index (χ3n) is 3.73. The Labute approximate surface area is 96.0 Å². The third kappa shape index (κ3) is 1.68. The lowest BCUT2D eigenvalue weighted by atomic mass is 9.87. The Hall–Kier alpha value is -0.530. The molecule has 0 radical (unpaired) electrons. The van der Waals surface area contributed by atoms with Gasteiger partial charge in [0.25, 0.3) is 0 Å². The Kier molecular flexibility index (Phi) is 2.45. The van der Waals surface area contributed by atoms with Gasteiger partial charge in [-0.05, 0) is 30.4 Å². The zero-order chi connectivity index (χ0) is 10.3. The molecule has 0 amide bonds. The van der Waals surface area contributed by atoms with Crippen molar-refractivity contribution in [2.24, 2.45) is 0 Å². The maximum Gasteiger partial charge on any atom is 0.0366 e. The fourth-order valence-corrected chi connectivity index (χ4v) is 3.18. The minimum Gasteiger partial charge on any atom is -0.296 e. The number of benzene rings is 1. The molecule has 2 aliphatic heterocycles. The average molecular weight is 222 g/mol. The van der Waals surface area contributed by atoms with Gasteiger partial charge in [-0.2, -0.15) is 0 Å². The molecule has 1 aromatic rings. The van der Waals surface area contributed by atoms with E-state index in [1.807, 2.05) is 0 Å². The Morgan fingerprint density at radius 3 is 3.00 bits per heavy atom. The van der Waals surface area contributed by atoms with Crippen molar-refractivity contribution in [1.82, 2.24) is 4.90 Å². The highest BCUT2D eigenvalue weighted by atomic mass is 35.5.